The summed E-state index contributed by atoms with van der Waals surface area (Å²) in [5.74, 6) is -0.404. The summed E-state index contributed by atoms with van der Waals surface area (Å²) < 4.78 is 61.3. The van der Waals surface area contributed by atoms with Gasteiger partial charge in [0.2, 0.25) is 0 Å². The Bertz CT molecular complexity index is 1570. The summed E-state index contributed by atoms with van der Waals surface area (Å²) in [5.41, 5.74) is 2.24. The zero-order valence-corrected chi connectivity index (χ0v) is 23.5. The van der Waals surface area contributed by atoms with Gasteiger partial charge in [0.05, 0.1) is 23.4 Å². The average molecular weight is 577 g/mol. The van der Waals surface area contributed by atoms with Crippen LogP contribution in [0.3, 0.4) is 0 Å². The molecule has 2 aromatic heterocycles. The average Bonchev–Trinajstić information content (AvgIpc) is 3.29. The van der Waals surface area contributed by atoms with Crippen molar-refractivity contribution in [1.29, 1.82) is 0 Å². The molecular formula is C29H29ClF4N4O2. The van der Waals surface area contributed by atoms with Gasteiger partial charge in [-0.05, 0) is 81.0 Å². The van der Waals surface area contributed by atoms with Crippen LogP contribution in [-0.2, 0) is 12.7 Å². The molecule has 0 fully saturated rings. The van der Waals surface area contributed by atoms with Crippen LogP contribution in [0, 0.1) is 19.7 Å². The van der Waals surface area contributed by atoms with Crippen LogP contribution in [0.25, 0.3) is 16.9 Å². The smallest absolute Gasteiger partial charge is 0.417 e. The number of rotatable bonds is 8. The predicted octanol–water partition coefficient (Wildman–Crippen LogP) is 6.64. The number of fused-ring (bicyclic) bond motifs is 1. The molecule has 0 atom stereocenters. The minimum absolute atomic E-state index is 0.00357. The zero-order chi connectivity index (χ0) is 29.4. The maximum Gasteiger partial charge on any atom is 0.417 e. The largest absolute Gasteiger partial charge is 0.482 e. The van der Waals surface area contributed by atoms with E-state index >= 15 is 0 Å². The summed E-state index contributed by atoms with van der Waals surface area (Å²) in [7, 11) is 5.20. The molecule has 0 aliphatic carbocycles. The lowest BCUT2D eigenvalue weighted by molar-refractivity contribution is -0.137. The molecule has 0 saturated heterocycles. The number of pyridine rings is 1. The van der Waals surface area contributed by atoms with Crippen molar-refractivity contribution in [3.63, 3.8) is 0 Å². The van der Waals surface area contributed by atoms with E-state index in [1.54, 1.807) is 29.5 Å². The van der Waals surface area contributed by atoms with Gasteiger partial charge >= 0.3 is 6.18 Å². The van der Waals surface area contributed by atoms with Gasteiger partial charge in [-0.1, -0.05) is 23.7 Å². The van der Waals surface area contributed by atoms with E-state index in [4.69, 9.17) is 21.3 Å². The summed E-state index contributed by atoms with van der Waals surface area (Å²) in [5, 5.41) is -0.444. The molecule has 0 aliphatic rings. The number of hydrogen-bond acceptors (Lipinski definition) is 4. The van der Waals surface area contributed by atoms with Gasteiger partial charge in [-0.25, -0.2) is 9.37 Å². The van der Waals surface area contributed by atoms with E-state index in [2.05, 4.69) is 0 Å². The molecule has 0 aliphatic heterocycles. The van der Waals surface area contributed by atoms with Crippen molar-refractivity contribution < 1.29 is 27.1 Å². The third-order valence-electron chi connectivity index (χ3n) is 6.59. The van der Waals surface area contributed by atoms with Gasteiger partial charge in [-0.15, -0.1) is 0 Å². The van der Waals surface area contributed by atoms with Gasteiger partial charge in [0.15, 0.2) is 11.6 Å². The minimum atomic E-state index is -4.59. The molecule has 0 unspecified atom stereocenters. The zero-order valence-electron chi connectivity index (χ0n) is 22.7. The number of imidazole rings is 1. The lowest BCUT2D eigenvalue weighted by Gasteiger charge is -2.25. The van der Waals surface area contributed by atoms with Crippen molar-refractivity contribution in [3.05, 3.63) is 87.3 Å². The highest BCUT2D eigenvalue weighted by Crippen LogP contribution is 2.36. The van der Waals surface area contributed by atoms with Crippen LogP contribution in [-0.4, -0.2) is 59.4 Å². The van der Waals surface area contributed by atoms with Crippen LogP contribution >= 0.6 is 11.6 Å². The lowest BCUT2D eigenvalue weighted by atomic mass is 10.1. The van der Waals surface area contributed by atoms with E-state index in [0.29, 0.717) is 40.5 Å². The van der Waals surface area contributed by atoms with Crippen molar-refractivity contribution in [2.45, 2.75) is 26.6 Å². The van der Waals surface area contributed by atoms with Crippen LogP contribution in [0.4, 0.5) is 17.6 Å². The van der Waals surface area contributed by atoms with Crippen LogP contribution in [0.1, 0.15) is 32.7 Å². The molecular weight excluding hydrogens is 548 g/mol. The number of ether oxygens (including phenoxy) is 1. The van der Waals surface area contributed by atoms with Gasteiger partial charge in [0.25, 0.3) is 5.91 Å². The Balaban J connectivity index is 1.87. The molecule has 0 saturated carbocycles. The van der Waals surface area contributed by atoms with E-state index in [9.17, 15) is 22.4 Å². The summed E-state index contributed by atoms with van der Waals surface area (Å²) in [6, 6.07) is 11.6. The number of carbonyl (C=O) groups is 1. The van der Waals surface area contributed by atoms with Crippen molar-refractivity contribution in [2.75, 3.05) is 34.3 Å². The molecule has 2 aromatic carbocycles. The molecule has 6 nitrogen and oxygen atoms in total. The fraction of sp³-hybridized carbons (Fsp3) is 0.310. The molecule has 0 N–H and O–H groups in total. The second kappa shape index (κ2) is 11.5. The van der Waals surface area contributed by atoms with Crippen molar-refractivity contribution >= 4 is 23.2 Å². The third kappa shape index (κ3) is 5.93. The lowest BCUT2D eigenvalue weighted by Crippen LogP contribution is -2.36. The van der Waals surface area contributed by atoms with Crippen LogP contribution in [0.2, 0.25) is 5.02 Å². The predicted molar refractivity (Wildman–Crippen MR) is 146 cm³/mol. The van der Waals surface area contributed by atoms with Gasteiger partial charge < -0.3 is 14.5 Å². The fourth-order valence-corrected chi connectivity index (χ4v) is 4.75. The first-order chi connectivity index (χ1) is 18.8. The quantitative estimate of drug-likeness (QED) is 0.221. The molecule has 0 spiro atoms. The first kappa shape index (κ1) is 29.4. The van der Waals surface area contributed by atoms with Gasteiger partial charge in [-0.3, -0.25) is 9.20 Å². The molecule has 1 amide bonds. The first-order valence-corrected chi connectivity index (χ1v) is 12.8. The van der Waals surface area contributed by atoms with Crippen LogP contribution in [0.15, 0.2) is 48.5 Å². The fourth-order valence-electron chi connectivity index (χ4n) is 4.44. The highest BCUT2D eigenvalue weighted by atomic mass is 35.5. The second-order valence-corrected chi connectivity index (χ2v) is 10.2. The van der Waals surface area contributed by atoms with Crippen molar-refractivity contribution in [3.8, 4) is 17.1 Å². The highest BCUT2D eigenvalue weighted by molar-refractivity contribution is 6.31. The summed E-state index contributed by atoms with van der Waals surface area (Å²) >= 11 is 5.97. The number of aromatic nitrogens is 2. The van der Waals surface area contributed by atoms with Gasteiger partial charge in [0.1, 0.15) is 11.5 Å². The Morgan fingerprint density at radius 3 is 2.35 bits per heavy atom. The number of carbonyl (C=O) groups excluding carboxylic acids is 1. The normalized spacial score (nSPS) is 11.9. The van der Waals surface area contributed by atoms with Crippen LogP contribution < -0.4 is 4.74 Å². The number of amides is 1. The Kier molecular flexibility index (Phi) is 8.41. The number of halogens is 5. The van der Waals surface area contributed by atoms with Crippen molar-refractivity contribution in [1.82, 2.24) is 19.2 Å². The number of aryl methyl sites for hydroxylation is 2. The molecule has 4 aromatic rings. The standard InChI is InChI=1S/C29H29ClF4N4O2/c1-17-6-11-24(40-5)38-26(20-8-10-23(31)18(2)14-20)25(35-27(17)38)28(39)37(13-12-36(3)4)16-19-7-9-21(22(30)15-19)29(32,33)34/h6-11,14-15H,12-13,16H2,1-5H3. The molecule has 4 rings (SSSR count). The second-order valence-electron chi connectivity index (χ2n) is 9.83. The minimum Gasteiger partial charge on any atom is -0.482 e. The Hall–Kier alpha value is -3.63. The summed E-state index contributed by atoms with van der Waals surface area (Å²) in [6.45, 7) is 4.22. The first-order valence-electron chi connectivity index (χ1n) is 12.4. The topological polar surface area (TPSA) is 50.1 Å². The SMILES string of the molecule is COc1ccc(C)c2nc(C(=O)N(CCN(C)C)Cc3ccc(C(F)(F)F)c(Cl)c3)c(-c3ccc(F)c(C)c3)n12. The Morgan fingerprint density at radius 1 is 1.02 bits per heavy atom. The Morgan fingerprint density at radius 2 is 1.75 bits per heavy atom. The van der Waals surface area contributed by atoms with E-state index in [1.807, 2.05) is 32.0 Å². The number of nitrogens with zero attached hydrogens (tertiary/aromatic N) is 4. The van der Waals surface area contributed by atoms with Gasteiger partial charge in [-0.2, -0.15) is 13.2 Å². The molecule has 11 heteroatoms. The van der Waals surface area contributed by atoms with E-state index < -0.39 is 22.7 Å². The van der Waals surface area contributed by atoms with Crippen LogP contribution in [0.5, 0.6) is 5.88 Å². The summed E-state index contributed by atoms with van der Waals surface area (Å²) in [6.07, 6.45) is -4.59. The number of hydrogen-bond donors (Lipinski definition) is 0. The van der Waals surface area contributed by atoms with E-state index in [0.717, 1.165) is 11.6 Å². The monoisotopic (exact) mass is 576 g/mol. The Labute approximate surface area is 234 Å². The molecule has 0 radical (unpaired) electrons. The molecule has 40 heavy (non-hydrogen) atoms. The maximum absolute atomic E-state index is 14.2. The number of methoxy groups -OCH3 is 1. The number of alkyl halides is 3. The summed E-state index contributed by atoms with van der Waals surface area (Å²) in [4.78, 5) is 22.3. The maximum atomic E-state index is 14.2. The van der Waals surface area contributed by atoms with Crippen molar-refractivity contribution in [2.24, 2.45) is 0 Å². The molecule has 0 bridgehead atoms. The molecule has 212 valence electrons. The van der Waals surface area contributed by atoms with E-state index in [1.165, 1.54) is 30.2 Å². The number of benzene rings is 2. The third-order valence-corrected chi connectivity index (χ3v) is 6.90. The van der Waals surface area contributed by atoms with Gasteiger partial charge in [0, 0.05) is 25.2 Å². The number of likely N-dealkylation sites (N-methyl/N-ethyl adjacent to an activating group) is 1. The molecule has 2 heterocycles. The highest BCUT2D eigenvalue weighted by Gasteiger charge is 2.33. The van der Waals surface area contributed by atoms with E-state index in [-0.39, 0.29) is 24.6 Å².